The van der Waals surface area contributed by atoms with Gasteiger partial charge in [-0.15, -0.1) is 0 Å². The highest BCUT2D eigenvalue weighted by Crippen LogP contribution is 2.35. The van der Waals surface area contributed by atoms with Crippen molar-refractivity contribution < 1.29 is 13.2 Å². The van der Waals surface area contributed by atoms with E-state index in [0.29, 0.717) is 24.1 Å². The molecule has 2 N–H and O–H groups in total. The fourth-order valence-corrected chi connectivity index (χ4v) is 4.14. The second-order valence-electron chi connectivity index (χ2n) is 7.11. The number of piperidine rings is 1. The van der Waals surface area contributed by atoms with Crippen LogP contribution in [0.5, 0.6) is 0 Å². The van der Waals surface area contributed by atoms with Crippen molar-refractivity contribution in [3.8, 4) is 0 Å². The molecule has 150 valence electrons. The number of hydrogen-bond donors (Lipinski definition) is 2. The molecule has 0 saturated carbocycles. The minimum Gasteiger partial charge on any atom is -0.344 e. The highest BCUT2D eigenvalue weighted by Gasteiger charge is 2.45. The summed E-state index contributed by atoms with van der Waals surface area (Å²) in [7, 11) is 0. The van der Waals surface area contributed by atoms with Gasteiger partial charge in [-0.1, -0.05) is 29.8 Å². The Kier molecular flexibility index (Phi) is 6.23. The number of nitrogens with zero attached hydrogens (tertiary/aromatic N) is 1. The first-order chi connectivity index (χ1) is 13.3. The Hall–Kier alpha value is -2.15. The number of benzene rings is 2. The third kappa shape index (κ3) is 4.63. The second-order valence-corrected chi connectivity index (χ2v) is 7.99. The van der Waals surface area contributed by atoms with Gasteiger partial charge < -0.3 is 9.62 Å². The summed E-state index contributed by atoms with van der Waals surface area (Å²) in [6.07, 6.45) is -3.09. The molecular weight excluding hydrogens is 383 g/mol. The van der Waals surface area contributed by atoms with E-state index in [-0.39, 0.29) is 18.8 Å². The van der Waals surface area contributed by atoms with Gasteiger partial charge in [0.05, 0.1) is 5.69 Å². The fraction of sp³-hybridized carbons (Fsp3) is 0.381. The van der Waals surface area contributed by atoms with Crippen molar-refractivity contribution in [2.24, 2.45) is 0 Å². The number of nitrogens with one attached hydrogen (secondary N) is 2. The molecule has 3 nitrogen and oxygen atoms in total. The van der Waals surface area contributed by atoms with Gasteiger partial charge in [0.2, 0.25) is 0 Å². The monoisotopic (exact) mass is 407 g/mol. The average molecular weight is 408 g/mol. The van der Waals surface area contributed by atoms with Gasteiger partial charge in [0.1, 0.15) is 11.9 Å². The summed E-state index contributed by atoms with van der Waals surface area (Å²) in [4.78, 5) is 2.21. The van der Waals surface area contributed by atoms with Gasteiger partial charge in [0.15, 0.2) is 0 Å². The first-order valence-electron chi connectivity index (χ1n) is 9.29. The van der Waals surface area contributed by atoms with Crippen LogP contribution in [0.3, 0.4) is 0 Å². The largest absolute Gasteiger partial charge is 0.408 e. The van der Waals surface area contributed by atoms with Gasteiger partial charge in [-0.25, -0.2) is 0 Å². The van der Waals surface area contributed by atoms with Crippen LogP contribution in [0.25, 0.3) is 0 Å². The molecule has 28 heavy (non-hydrogen) atoms. The second kappa shape index (κ2) is 8.47. The third-order valence-electron chi connectivity index (χ3n) is 4.98. The number of rotatable bonds is 4. The van der Waals surface area contributed by atoms with E-state index < -0.39 is 12.2 Å². The quantitative estimate of drug-likeness (QED) is 0.362. The van der Waals surface area contributed by atoms with Gasteiger partial charge >= 0.3 is 6.18 Å². The third-order valence-corrected chi connectivity index (χ3v) is 5.81. The summed E-state index contributed by atoms with van der Waals surface area (Å²) >= 11 is 1.39. The Bertz CT molecular complexity index is 834. The predicted molar refractivity (Wildman–Crippen MR) is 109 cm³/mol. The molecule has 2 aromatic rings. The molecule has 0 radical (unpaired) electrons. The van der Waals surface area contributed by atoms with E-state index in [1.165, 1.54) is 16.8 Å². The number of amidine groups is 1. The van der Waals surface area contributed by atoms with Crippen molar-refractivity contribution in [2.45, 2.75) is 50.2 Å². The van der Waals surface area contributed by atoms with Gasteiger partial charge in [-0.2, -0.15) is 13.2 Å². The number of anilines is 1. The Labute approximate surface area is 168 Å². The molecule has 2 aromatic carbocycles. The molecule has 1 atom stereocenters. The topological polar surface area (TPSA) is 39.1 Å². The molecule has 1 saturated heterocycles. The van der Waals surface area contributed by atoms with E-state index in [9.17, 15) is 13.2 Å². The van der Waals surface area contributed by atoms with Crippen molar-refractivity contribution in [3.63, 3.8) is 0 Å². The van der Waals surface area contributed by atoms with E-state index in [2.05, 4.69) is 4.72 Å². The van der Waals surface area contributed by atoms with Crippen LogP contribution in [0.4, 0.5) is 18.9 Å². The van der Waals surface area contributed by atoms with Gasteiger partial charge in [-0.3, -0.25) is 5.41 Å². The lowest BCUT2D eigenvalue weighted by Crippen LogP contribution is -2.51. The summed E-state index contributed by atoms with van der Waals surface area (Å²) < 4.78 is 43.8. The maximum absolute atomic E-state index is 13.5. The van der Waals surface area contributed by atoms with Crippen LogP contribution in [-0.4, -0.2) is 29.5 Å². The van der Waals surface area contributed by atoms with Crippen molar-refractivity contribution >= 4 is 23.5 Å². The molecule has 0 aliphatic carbocycles. The molecule has 1 fully saturated rings. The van der Waals surface area contributed by atoms with Crippen LogP contribution in [0.15, 0.2) is 47.4 Å². The Morgan fingerprint density at radius 3 is 2.50 bits per heavy atom. The molecule has 0 bridgehead atoms. The summed E-state index contributed by atoms with van der Waals surface area (Å²) in [5, 5.41) is 8.60. The smallest absolute Gasteiger partial charge is 0.344 e. The van der Waals surface area contributed by atoms with Crippen molar-refractivity contribution in [1.29, 1.82) is 5.41 Å². The maximum Gasteiger partial charge on any atom is 0.408 e. The van der Waals surface area contributed by atoms with E-state index in [4.69, 9.17) is 5.41 Å². The molecular formula is C21H24F3N3S. The fourth-order valence-electron chi connectivity index (χ4n) is 3.47. The van der Waals surface area contributed by atoms with Crippen molar-refractivity contribution in [1.82, 2.24) is 4.90 Å². The van der Waals surface area contributed by atoms with Gasteiger partial charge in [0.25, 0.3) is 0 Å². The van der Waals surface area contributed by atoms with Crippen LogP contribution in [0.1, 0.15) is 36.0 Å². The molecule has 0 amide bonds. The van der Waals surface area contributed by atoms with E-state index in [0.717, 1.165) is 16.0 Å². The summed E-state index contributed by atoms with van der Waals surface area (Å²) in [5.41, 5.74) is 3.12. The minimum absolute atomic E-state index is 0.0403. The highest BCUT2D eigenvalue weighted by molar-refractivity contribution is 8.00. The summed E-state index contributed by atoms with van der Waals surface area (Å²) in [6, 6.07) is 11.9. The zero-order chi connectivity index (χ0) is 20.3. The van der Waals surface area contributed by atoms with E-state index in [1.807, 2.05) is 56.3 Å². The molecule has 3 rings (SSSR count). The van der Waals surface area contributed by atoms with Gasteiger partial charge in [0, 0.05) is 17.0 Å². The standard InChI is InChI=1S/C21H24F3N3S/c1-14-9-11-16(12-10-14)28-26-17-7-5-6-15(2)19(17)20(25)27-13-4-3-8-18(27)21(22,23)24/h5-7,9-12,18,25-26H,3-4,8,13H2,1-2H3. The van der Waals surface area contributed by atoms with Crippen LogP contribution in [-0.2, 0) is 0 Å². The zero-order valence-corrected chi connectivity index (χ0v) is 16.8. The Balaban J connectivity index is 1.86. The maximum atomic E-state index is 13.5. The number of alkyl halides is 3. The van der Waals surface area contributed by atoms with Crippen molar-refractivity contribution in [3.05, 3.63) is 59.2 Å². The SMILES string of the molecule is Cc1ccc(SNc2cccc(C)c2C(=N)N2CCCCC2C(F)(F)F)cc1. The molecule has 1 aliphatic heterocycles. The first-order valence-corrected chi connectivity index (χ1v) is 10.1. The van der Waals surface area contributed by atoms with E-state index in [1.54, 1.807) is 0 Å². The molecule has 7 heteroatoms. The normalized spacial score (nSPS) is 17.5. The molecule has 1 heterocycles. The zero-order valence-electron chi connectivity index (χ0n) is 15.9. The number of hydrogen-bond acceptors (Lipinski definition) is 3. The van der Waals surface area contributed by atoms with Gasteiger partial charge in [-0.05, 0) is 68.8 Å². The number of likely N-dealkylation sites (tertiary alicyclic amines) is 1. The first kappa shape index (κ1) is 20.6. The summed E-state index contributed by atoms with van der Waals surface area (Å²) in [5.74, 6) is -0.0628. The lowest BCUT2D eigenvalue weighted by atomic mass is 9.98. The van der Waals surface area contributed by atoms with Crippen molar-refractivity contribution in [2.75, 3.05) is 11.3 Å². The lowest BCUT2D eigenvalue weighted by molar-refractivity contribution is -0.179. The molecule has 0 aromatic heterocycles. The Morgan fingerprint density at radius 2 is 1.82 bits per heavy atom. The lowest BCUT2D eigenvalue weighted by Gasteiger charge is -2.39. The van der Waals surface area contributed by atoms with Crippen LogP contribution in [0.2, 0.25) is 0 Å². The number of aryl methyl sites for hydroxylation is 2. The van der Waals surface area contributed by atoms with Crippen LogP contribution < -0.4 is 4.72 Å². The molecule has 1 unspecified atom stereocenters. The Morgan fingerprint density at radius 1 is 1.11 bits per heavy atom. The molecule has 0 spiro atoms. The highest BCUT2D eigenvalue weighted by atomic mass is 32.2. The average Bonchev–Trinajstić information content (AvgIpc) is 2.66. The molecule has 1 aliphatic rings. The van der Waals surface area contributed by atoms with E-state index >= 15 is 0 Å². The predicted octanol–water partition coefficient (Wildman–Crippen LogP) is 6.16. The summed E-state index contributed by atoms with van der Waals surface area (Å²) in [6.45, 7) is 4.09. The van der Waals surface area contributed by atoms with Crippen LogP contribution in [0, 0.1) is 19.3 Å². The number of halogens is 3. The van der Waals surface area contributed by atoms with Crippen LogP contribution >= 0.6 is 11.9 Å². The minimum atomic E-state index is -4.33.